The molecule has 0 spiro atoms. The summed E-state index contributed by atoms with van der Waals surface area (Å²) in [5.41, 5.74) is -0.657. The van der Waals surface area contributed by atoms with E-state index in [9.17, 15) is 18.7 Å². The van der Waals surface area contributed by atoms with Gasteiger partial charge in [0, 0.05) is 0 Å². The molecule has 0 saturated heterocycles. The molecule has 1 rings (SSSR count). The molecule has 0 radical (unpaired) electrons. The van der Waals surface area contributed by atoms with E-state index in [2.05, 4.69) is 0 Å². The topological polar surface area (TPSA) is 57.5 Å². The molecule has 0 aliphatic carbocycles. The average molecular weight is 230 g/mol. The van der Waals surface area contributed by atoms with Gasteiger partial charge >= 0.3 is 5.97 Å². The average Bonchev–Trinajstić information content (AvgIpc) is 2.16. The molecule has 0 saturated carbocycles. The van der Waals surface area contributed by atoms with Gasteiger partial charge < -0.3 is 10.2 Å². The van der Waals surface area contributed by atoms with Crippen LogP contribution in [0.1, 0.15) is 47.7 Å². The van der Waals surface area contributed by atoms with Gasteiger partial charge in [-0.15, -0.1) is 0 Å². The zero-order chi connectivity index (χ0) is 12.5. The van der Waals surface area contributed by atoms with E-state index in [0.717, 1.165) is 6.07 Å². The van der Waals surface area contributed by atoms with Gasteiger partial charge in [0.2, 0.25) is 0 Å². The van der Waals surface area contributed by atoms with Crippen LogP contribution in [0.25, 0.3) is 0 Å². The molecule has 1 aromatic carbocycles. The third-order valence-corrected chi connectivity index (χ3v) is 2.29. The van der Waals surface area contributed by atoms with Crippen LogP contribution in [0.4, 0.5) is 8.78 Å². The zero-order valence-electron chi connectivity index (χ0n) is 8.87. The molecule has 0 fully saturated rings. The van der Waals surface area contributed by atoms with Gasteiger partial charge in [0.25, 0.3) is 6.43 Å². The fourth-order valence-electron chi connectivity index (χ4n) is 1.34. The highest BCUT2D eigenvalue weighted by atomic mass is 19.3. The quantitative estimate of drug-likeness (QED) is 0.838. The predicted molar refractivity (Wildman–Crippen MR) is 54.1 cm³/mol. The minimum absolute atomic E-state index is 0.0869. The lowest BCUT2D eigenvalue weighted by atomic mass is 9.97. The smallest absolute Gasteiger partial charge is 0.339 e. The van der Waals surface area contributed by atoms with Crippen molar-refractivity contribution in [3.8, 4) is 5.75 Å². The molecule has 1 aromatic rings. The minimum atomic E-state index is -2.89. The van der Waals surface area contributed by atoms with E-state index in [1.165, 1.54) is 6.07 Å². The van der Waals surface area contributed by atoms with Gasteiger partial charge in [0.05, 0.1) is 5.56 Å². The van der Waals surface area contributed by atoms with E-state index in [1.54, 1.807) is 13.8 Å². The Kier molecular flexibility index (Phi) is 3.47. The maximum Gasteiger partial charge on any atom is 0.339 e. The molecule has 2 N–H and O–H groups in total. The van der Waals surface area contributed by atoms with E-state index in [-0.39, 0.29) is 5.92 Å². The highest BCUT2D eigenvalue weighted by Gasteiger charge is 2.21. The van der Waals surface area contributed by atoms with E-state index < -0.39 is 29.3 Å². The van der Waals surface area contributed by atoms with Crippen molar-refractivity contribution in [1.82, 2.24) is 0 Å². The number of aromatic carboxylic acids is 1. The van der Waals surface area contributed by atoms with Crippen molar-refractivity contribution in [3.63, 3.8) is 0 Å². The Bertz CT molecular complexity index is 414. The first-order valence-corrected chi connectivity index (χ1v) is 4.72. The van der Waals surface area contributed by atoms with E-state index in [4.69, 9.17) is 5.11 Å². The fourth-order valence-corrected chi connectivity index (χ4v) is 1.34. The van der Waals surface area contributed by atoms with Crippen molar-refractivity contribution in [2.45, 2.75) is 26.2 Å². The number of aromatic hydroxyl groups is 1. The number of halogens is 2. The molecular weight excluding hydrogens is 218 g/mol. The number of hydrogen-bond acceptors (Lipinski definition) is 2. The number of benzene rings is 1. The summed E-state index contributed by atoms with van der Waals surface area (Å²) in [5, 5.41) is 18.1. The number of alkyl halides is 2. The van der Waals surface area contributed by atoms with Crippen molar-refractivity contribution in [2.75, 3.05) is 0 Å². The number of hydrogen-bond donors (Lipinski definition) is 2. The van der Waals surface area contributed by atoms with Crippen LogP contribution in [0, 0.1) is 0 Å². The monoisotopic (exact) mass is 230 g/mol. The molecular formula is C11H12F2O3. The van der Waals surface area contributed by atoms with E-state index in [1.807, 2.05) is 0 Å². The summed E-state index contributed by atoms with van der Waals surface area (Å²) in [5.74, 6) is -2.36. The van der Waals surface area contributed by atoms with Crippen LogP contribution in [0.3, 0.4) is 0 Å². The largest absolute Gasteiger partial charge is 0.507 e. The van der Waals surface area contributed by atoms with E-state index in [0.29, 0.717) is 5.56 Å². The van der Waals surface area contributed by atoms with Crippen molar-refractivity contribution < 1.29 is 23.8 Å². The predicted octanol–water partition coefficient (Wildman–Crippen LogP) is 3.15. The lowest BCUT2D eigenvalue weighted by Gasteiger charge is -2.12. The molecule has 16 heavy (non-hydrogen) atoms. The molecule has 0 heterocycles. The maximum atomic E-state index is 12.6. The van der Waals surface area contributed by atoms with Crippen molar-refractivity contribution in [1.29, 1.82) is 0 Å². The maximum absolute atomic E-state index is 12.6. The SMILES string of the molecule is CC(C)c1cc(C(=O)O)c(O)c(C(F)F)c1. The van der Waals surface area contributed by atoms with Crippen molar-refractivity contribution in [3.05, 3.63) is 28.8 Å². The van der Waals surface area contributed by atoms with Crippen LogP contribution in [0.5, 0.6) is 5.75 Å². The van der Waals surface area contributed by atoms with Gasteiger partial charge in [-0.2, -0.15) is 0 Å². The Balaban J connectivity index is 3.45. The van der Waals surface area contributed by atoms with Crippen LogP contribution in [-0.4, -0.2) is 16.2 Å². The number of rotatable bonds is 3. The molecule has 0 aromatic heterocycles. The Labute approximate surface area is 91.3 Å². The highest BCUT2D eigenvalue weighted by Crippen LogP contribution is 2.34. The van der Waals surface area contributed by atoms with Crippen molar-refractivity contribution in [2.24, 2.45) is 0 Å². The normalized spacial score (nSPS) is 11.1. The second-order valence-electron chi connectivity index (χ2n) is 3.77. The minimum Gasteiger partial charge on any atom is -0.507 e. The van der Waals surface area contributed by atoms with E-state index >= 15 is 0 Å². The molecule has 0 bridgehead atoms. The first-order chi connectivity index (χ1) is 7.34. The highest BCUT2D eigenvalue weighted by molar-refractivity contribution is 5.91. The molecule has 0 unspecified atom stereocenters. The van der Waals surface area contributed by atoms with Crippen LogP contribution in [-0.2, 0) is 0 Å². The number of carboxylic acid groups (broad SMARTS) is 1. The molecule has 3 nitrogen and oxygen atoms in total. The summed E-state index contributed by atoms with van der Waals surface area (Å²) in [7, 11) is 0. The van der Waals surface area contributed by atoms with Crippen molar-refractivity contribution >= 4 is 5.97 Å². The lowest BCUT2D eigenvalue weighted by Crippen LogP contribution is -2.02. The molecule has 5 heteroatoms. The number of carbonyl (C=O) groups is 1. The van der Waals surface area contributed by atoms with Gasteiger partial charge in [-0.05, 0) is 23.6 Å². The fraction of sp³-hybridized carbons (Fsp3) is 0.364. The van der Waals surface area contributed by atoms with Gasteiger partial charge in [0.15, 0.2) is 0 Å². The summed E-state index contributed by atoms with van der Waals surface area (Å²) in [6.07, 6.45) is -2.89. The van der Waals surface area contributed by atoms with Crippen LogP contribution >= 0.6 is 0 Å². The Morgan fingerprint density at radius 1 is 1.31 bits per heavy atom. The summed E-state index contributed by atoms with van der Waals surface area (Å²) in [4.78, 5) is 10.8. The molecule has 0 aliphatic rings. The first-order valence-electron chi connectivity index (χ1n) is 4.72. The Morgan fingerprint density at radius 3 is 2.25 bits per heavy atom. The van der Waals surface area contributed by atoms with Gasteiger partial charge in [-0.3, -0.25) is 0 Å². The summed E-state index contributed by atoms with van der Waals surface area (Å²) >= 11 is 0. The molecule has 88 valence electrons. The summed E-state index contributed by atoms with van der Waals surface area (Å²) in [6, 6.07) is 2.35. The zero-order valence-corrected chi connectivity index (χ0v) is 8.87. The van der Waals surface area contributed by atoms with Gasteiger partial charge in [-0.1, -0.05) is 13.8 Å². The molecule has 0 amide bonds. The second-order valence-corrected chi connectivity index (χ2v) is 3.77. The standard InChI is InChI=1S/C11H12F2O3/c1-5(2)6-3-7(10(12)13)9(14)8(4-6)11(15)16/h3-5,10,14H,1-2H3,(H,15,16). The lowest BCUT2D eigenvalue weighted by molar-refractivity contribution is 0.0692. The van der Waals surface area contributed by atoms with Crippen LogP contribution in [0.2, 0.25) is 0 Å². The number of phenols is 1. The first kappa shape index (κ1) is 12.4. The Morgan fingerprint density at radius 2 is 1.88 bits per heavy atom. The third kappa shape index (κ3) is 2.29. The molecule has 0 aliphatic heterocycles. The Hall–Kier alpha value is -1.65. The second kappa shape index (κ2) is 4.47. The molecule has 0 atom stereocenters. The van der Waals surface area contributed by atoms with Crippen LogP contribution in [0.15, 0.2) is 12.1 Å². The third-order valence-electron chi connectivity index (χ3n) is 2.29. The summed E-state index contributed by atoms with van der Waals surface area (Å²) in [6.45, 7) is 3.51. The van der Waals surface area contributed by atoms with Crippen LogP contribution < -0.4 is 0 Å². The summed E-state index contributed by atoms with van der Waals surface area (Å²) < 4.78 is 25.1. The van der Waals surface area contributed by atoms with Gasteiger partial charge in [0.1, 0.15) is 11.3 Å². The van der Waals surface area contributed by atoms with Gasteiger partial charge in [-0.25, -0.2) is 13.6 Å². The number of carboxylic acids is 1.